The van der Waals surface area contributed by atoms with E-state index >= 15 is 0 Å². The number of para-hydroxylation sites is 4. The van der Waals surface area contributed by atoms with Gasteiger partial charge in [-0.1, -0.05) is 100 Å². The zero-order chi connectivity index (χ0) is 75.2. The van der Waals surface area contributed by atoms with Crippen LogP contribution in [0, 0.1) is 11.8 Å². The van der Waals surface area contributed by atoms with Crippen LogP contribution in [0.15, 0.2) is 158 Å². The number of aromatic nitrogens is 4. The first kappa shape index (κ1) is 76.4. The number of nitrogens with one attached hydrogen (secondary N) is 12. The quantitative estimate of drug-likeness (QED) is 0.0126. The molecule has 4 atom stereocenters. The molecule has 0 spiro atoms. The molecule has 27 nitrogen and oxygen atoms in total. The molecule has 4 aromatic heterocycles. The second-order valence-corrected chi connectivity index (χ2v) is 26.7. The van der Waals surface area contributed by atoms with Crippen LogP contribution in [-0.2, 0) is 68.8 Å². The Balaban J connectivity index is 0.712. The number of rotatable bonds is 39. The maximum atomic E-state index is 14.5. The summed E-state index contributed by atoms with van der Waals surface area (Å²) in [6.45, 7) is 7.30. The molecule has 6 aromatic carbocycles. The van der Waals surface area contributed by atoms with Crippen molar-refractivity contribution in [1.29, 1.82) is 0 Å². The number of amides is 8. The number of hydrogen-bond acceptors (Lipinski definition) is 13. The third-order valence-electron chi connectivity index (χ3n) is 17.8. The van der Waals surface area contributed by atoms with Crippen LogP contribution >= 0.6 is 0 Å². The Hall–Kier alpha value is -12.3. The number of aliphatic carboxylic acids is 2. The van der Waals surface area contributed by atoms with Gasteiger partial charge in [-0.3, -0.25) is 38.4 Å². The lowest BCUT2D eigenvalue weighted by Gasteiger charge is -2.21. The molecule has 8 amide bonds. The van der Waals surface area contributed by atoms with Crippen LogP contribution in [0.5, 0.6) is 11.5 Å². The first-order chi connectivity index (χ1) is 51.1. The van der Waals surface area contributed by atoms with E-state index in [9.17, 15) is 58.2 Å². The Morgan fingerprint density at radius 3 is 1.15 bits per heavy atom. The van der Waals surface area contributed by atoms with E-state index in [0.717, 1.165) is 60.3 Å². The molecule has 0 saturated carbocycles. The number of benzene rings is 6. The summed E-state index contributed by atoms with van der Waals surface area (Å²) in [4.78, 5) is 147. The summed E-state index contributed by atoms with van der Waals surface area (Å²) >= 11 is 0. The van der Waals surface area contributed by atoms with E-state index in [-0.39, 0.29) is 130 Å². The van der Waals surface area contributed by atoms with Crippen molar-refractivity contribution >= 4 is 114 Å². The predicted molar refractivity (Wildman–Crippen MR) is 400 cm³/mol. The van der Waals surface area contributed by atoms with Gasteiger partial charge in [0, 0.05) is 137 Å². The molecule has 4 heterocycles. The summed E-state index contributed by atoms with van der Waals surface area (Å²) in [5.41, 5.74) is 7.37. The van der Waals surface area contributed by atoms with Crippen molar-refractivity contribution in [1.82, 2.24) is 51.8 Å². The Kier molecular flexibility index (Phi) is 26.5. The smallest absolute Gasteiger partial charge is 0.326 e. The van der Waals surface area contributed by atoms with Gasteiger partial charge >= 0.3 is 11.9 Å². The van der Waals surface area contributed by atoms with Crippen molar-refractivity contribution in [2.45, 2.75) is 116 Å². The molecule has 27 heteroatoms. The largest absolute Gasteiger partial charge is 0.491 e. The monoisotopic (exact) mass is 1440 g/mol. The van der Waals surface area contributed by atoms with Crippen LogP contribution in [0.1, 0.15) is 109 Å². The molecular formula is C79H88N12O15. The molecule has 0 saturated heterocycles. The van der Waals surface area contributed by atoms with Gasteiger partial charge in [-0.15, -0.1) is 0 Å². The molecule has 10 rings (SSSR count). The lowest BCUT2D eigenvalue weighted by atomic mass is 10.0. The fourth-order valence-corrected chi connectivity index (χ4v) is 12.4. The van der Waals surface area contributed by atoms with Gasteiger partial charge in [-0.05, 0) is 108 Å². The Bertz CT molecular complexity index is 4500. The molecule has 0 aliphatic rings. The van der Waals surface area contributed by atoms with E-state index in [2.05, 4.69) is 62.5 Å². The second kappa shape index (κ2) is 36.7. The van der Waals surface area contributed by atoms with E-state index in [1.165, 1.54) is 36.4 Å². The summed E-state index contributed by atoms with van der Waals surface area (Å²) in [5, 5.41) is 45.2. The lowest BCUT2D eigenvalue weighted by molar-refractivity contribution is -0.140. The van der Waals surface area contributed by atoms with Crippen molar-refractivity contribution in [2.24, 2.45) is 11.8 Å². The van der Waals surface area contributed by atoms with E-state index in [4.69, 9.17) is 14.2 Å². The van der Waals surface area contributed by atoms with E-state index in [1.807, 2.05) is 137 Å². The van der Waals surface area contributed by atoms with Crippen LogP contribution in [0.25, 0.3) is 43.6 Å². The molecule has 0 fully saturated rings. The first-order valence-corrected chi connectivity index (χ1v) is 35.3. The molecule has 0 bridgehead atoms. The molecule has 0 radical (unpaired) electrons. The van der Waals surface area contributed by atoms with Gasteiger partial charge in [0.1, 0.15) is 42.4 Å². The average Bonchev–Trinajstić information content (AvgIpc) is 1.68. The van der Waals surface area contributed by atoms with Crippen LogP contribution < -0.4 is 52.0 Å². The average molecular weight is 1450 g/mol. The number of fused-ring (bicyclic) bond motifs is 4. The minimum absolute atomic E-state index is 0.00131. The second-order valence-electron chi connectivity index (χ2n) is 26.7. The molecular weight excluding hydrogens is 1360 g/mol. The van der Waals surface area contributed by atoms with Gasteiger partial charge in [0.2, 0.25) is 35.4 Å². The molecule has 106 heavy (non-hydrogen) atoms. The number of anilines is 2. The number of carbonyl (C=O) groups is 10. The number of H-pyrrole nitrogens is 4. The van der Waals surface area contributed by atoms with Crippen LogP contribution in [0.3, 0.4) is 0 Å². The highest BCUT2D eigenvalue weighted by Gasteiger charge is 2.29. The fourth-order valence-electron chi connectivity index (χ4n) is 12.4. The highest BCUT2D eigenvalue weighted by Crippen LogP contribution is 2.31. The maximum absolute atomic E-state index is 14.5. The van der Waals surface area contributed by atoms with Crippen LogP contribution in [0.4, 0.5) is 11.4 Å². The zero-order valence-electron chi connectivity index (χ0n) is 59.3. The highest BCUT2D eigenvalue weighted by molar-refractivity contribution is 6.03. The molecule has 14 N–H and O–H groups in total. The van der Waals surface area contributed by atoms with Gasteiger partial charge < -0.3 is 86.9 Å². The third-order valence-corrected chi connectivity index (χ3v) is 17.8. The van der Waals surface area contributed by atoms with Gasteiger partial charge in [-0.25, -0.2) is 9.59 Å². The zero-order valence-corrected chi connectivity index (χ0v) is 59.3. The summed E-state index contributed by atoms with van der Waals surface area (Å²) in [5.74, 6) is -7.06. The topological polar surface area (TPSA) is 398 Å². The number of aromatic amines is 4. The Morgan fingerprint density at radius 2 is 0.764 bits per heavy atom. The Morgan fingerprint density at radius 1 is 0.406 bits per heavy atom. The highest BCUT2D eigenvalue weighted by atomic mass is 16.5. The van der Waals surface area contributed by atoms with Crippen molar-refractivity contribution < 1.29 is 72.4 Å². The normalized spacial score (nSPS) is 12.5. The predicted octanol–water partition coefficient (Wildman–Crippen LogP) is 9.11. The van der Waals surface area contributed by atoms with E-state index < -0.39 is 83.4 Å². The molecule has 0 unspecified atom stereocenters. The number of hydrogen-bond donors (Lipinski definition) is 14. The number of carboxylic acid groups (broad SMARTS) is 2. The van der Waals surface area contributed by atoms with Gasteiger partial charge in [-0.2, -0.15) is 0 Å². The SMILES string of the molecule is CC(C)C[C@H](NC(=O)c1ccc(NC(=O)[C@H](Cc2c[nH]c3ccccc23)NC(=O)CCC(=O)NCCOCNC(=O)CCC(=O)N[C@@H](Cc2c[nH]c3ccccc23)C(=O)Nc2ccc(C(=O)N[C@@H](CC(C)C)C(=O)O)cc2OCCc2c[nH]c3ccccc23)c(OCCc2c[nH]c3ccccc23)c1)C(=O)O. The first-order valence-electron chi connectivity index (χ1n) is 35.3. The number of carbonyl (C=O) groups excluding carboxylic acids is 8. The van der Waals surface area contributed by atoms with E-state index in [0.29, 0.717) is 18.4 Å². The van der Waals surface area contributed by atoms with E-state index in [1.54, 1.807) is 12.4 Å². The van der Waals surface area contributed by atoms with Gasteiger partial charge in [0.25, 0.3) is 11.8 Å². The number of carboxylic acids is 2. The molecule has 0 aliphatic heterocycles. The Labute approximate surface area is 610 Å². The molecule has 10 aromatic rings. The van der Waals surface area contributed by atoms with Gasteiger partial charge in [0.15, 0.2) is 0 Å². The van der Waals surface area contributed by atoms with Crippen molar-refractivity contribution in [2.75, 3.05) is 43.7 Å². The summed E-state index contributed by atoms with van der Waals surface area (Å²) in [6.07, 6.45) is 7.38. The lowest BCUT2D eigenvalue weighted by Crippen LogP contribution is -2.45. The summed E-state index contributed by atoms with van der Waals surface area (Å²) in [6, 6.07) is 34.4. The standard InChI is InChI=1S/C79H88N12O15/c1-46(2)35-66(78(100)101)90-74(96)48-21-23-62(68(39-48)105-32-29-50-41-81-58-17-9-5-13-54(50)58)88-76(98)64(37-52-43-83-60-19-11-7-15-56(52)60)86-72(94)27-25-70(92)80-31-34-104-45-85-71(93)26-28-73(95)87-65(38-53-44-84-61-20-12-8-16-57(53)61)77(99)89-63-24-22-49(75(97)91-67(79(102)103)36-47(3)4)40-69(63)106-33-30-51-42-82-59-18-10-6-14-55(51)59/h5-24,39-44,46-47,64-67,81-84H,25-38,45H2,1-4H3,(H,80,92)(H,85,93)(H,86,94)(H,87,95)(H,88,98)(H,89,99)(H,90,96)(H,91,97)(H,100,101)(H,102,103)/t64-,65-,66-,67-/m0/s1. The van der Waals surface area contributed by atoms with Crippen molar-refractivity contribution in [3.05, 3.63) is 192 Å². The van der Waals surface area contributed by atoms with Gasteiger partial charge in [0.05, 0.1) is 31.2 Å². The number of ether oxygens (including phenoxy) is 3. The molecule has 0 aliphatic carbocycles. The molecule has 554 valence electrons. The van der Waals surface area contributed by atoms with Crippen LogP contribution in [-0.4, -0.2) is 147 Å². The summed E-state index contributed by atoms with van der Waals surface area (Å²) < 4.78 is 18.1. The van der Waals surface area contributed by atoms with Crippen LogP contribution in [0.2, 0.25) is 0 Å². The van der Waals surface area contributed by atoms with Crippen molar-refractivity contribution in [3.8, 4) is 11.5 Å². The fraction of sp³-hybridized carbons (Fsp3) is 0.316. The third kappa shape index (κ3) is 21.2. The minimum Gasteiger partial charge on any atom is -0.491 e. The van der Waals surface area contributed by atoms with Crippen molar-refractivity contribution in [3.63, 3.8) is 0 Å². The minimum atomic E-state index is -1.20. The maximum Gasteiger partial charge on any atom is 0.326 e. The summed E-state index contributed by atoms with van der Waals surface area (Å²) in [7, 11) is 0.